The van der Waals surface area contributed by atoms with Gasteiger partial charge in [0.05, 0.1) is 37.1 Å². The number of amidine groups is 1. The molecule has 0 bridgehead atoms. The number of carboxylic acid groups (broad SMARTS) is 1. The minimum absolute atomic E-state index is 0.226. The fraction of sp³-hybridized carbons (Fsp3) is 0.261. The predicted octanol–water partition coefficient (Wildman–Crippen LogP) is 0.186. The second kappa shape index (κ2) is 9.80. The number of piperazine rings is 1. The molecular weight excluding hydrogens is 414 g/mol. The largest absolute Gasteiger partial charge is 0.546 e. The molecule has 4 rings (SSSR count). The summed E-state index contributed by atoms with van der Waals surface area (Å²) < 4.78 is 5.07. The predicted molar refractivity (Wildman–Crippen MR) is 117 cm³/mol. The number of ether oxygens (including phenoxy) is 1. The van der Waals surface area contributed by atoms with Gasteiger partial charge in [-0.05, 0) is 35.5 Å². The summed E-state index contributed by atoms with van der Waals surface area (Å²) in [6.45, 7) is 4.29. The van der Waals surface area contributed by atoms with E-state index in [0.717, 1.165) is 43.5 Å². The van der Waals surface area contributed by atoms with Crippen LogP contribution in [0.15, 0.2) is 64.5 Å². The van der Waals surface area contributed by atoms with E-state index in [9.17, 15) is 14.7 Å². The summed E-state index contributed by atoms with van der Waals surface area (Å²) in [6, 6.07) is 17.4. The van der Waals surface area contributed by atoms with Crippen molar-refractivity contribution in [2.24, 2.45) is 4.99 Å². The molecule has 1 amide bonds. The first kappa shape index (κ1) is 21.1. The third kappa shape index (κ3) is 5.74. The van der Waals surface area contributed by atoms with Crippen LogP contribution in [0.1, 0.15) is 11.1 Å². The number of benzene rings is 2. The maximum atomic E-state index is 12.4. The van der Waals surface area contributed by atoms with E-state index in [1.165, 1.54) is 22.2 Å². The zero-order chi connectivity index (χ0) is 21.6. The van der Waals surface area contributed by atoms with E-state index in [-0.39, 0.29) is 5.91 Å². The van der Waals surface area contributed by atoms with Crippen LogP contribution in [-0.4, -0.2) is 54.7 Å². The van der Waals surface area contributed by atoms with E-state index < -0.39 is 12.6 Å². The number of hydrogen-bond donors (Lipinski definition) is 1. The second-order valence-corrected chi connectivity index (χ2v) is 8.45. The number of aliphatic carboxylic acids is 1. The van der Waals surface area contributed by atoms with E-state index in [4.69, 9.17) is 4.74 Å². The number of nitrogens with one attached hydrogen (secondary N) is 1. The van der Waals surface area contributed by atoms with Gasteiger partial charge < -0.3 is 24.4 Å². The zero-order valence-corrected chi connectivity index (χ0v) is 17.8. The molecule has 1 fully saturated rings. The first-order chi connectivity index (χ1) is 15.1. The lowest BCUT2D eigenvalue weighted by Crippen LogP contribution is -3.13. The molecule has 1 N–H and O–H groups in total. The highest BCUT2D eigenvalue weighted by atomic mass is 32.2. The summed E-state index contributed by atoms with van der Waals surface area (Å²) in [7, 11) is 0. The molecule has 0 spiro atoms. The van der Waals surface area contributed by atoms with Gasteiger partial charge in [0.2, 0.25) is 0 Å². The lowest BCUT2D eigenvalue weighted by atomic mass is 10.2. The van der Waals surface area contributed by atoms with Crippen molar-refractivity contribution < 1.29 is 24.3 Å². The number of thioether (sulfide) groups is 1. The number of hydrogen-bond acceptors (Lipinski definition) is 6. The van der Waals surface area contributed by atoms with Gasteiger partial charge in [-0.1, -0.05) is 42.5 Å². The third-order valence-corrected chi connectivity index (χ3v) is 6.23. The van der Waals surface area contributed by atoms with Gasteiger partial charge in [-0.25, -0.2) is 0 Å². The average molecular weight is 438 g/mol. The Kier molecular flexibility index (Phi) is 6.69. The smallest absolute Gasteiger partial charge is 0.286 e. The van der Waals surface area contributed by atoms with Gasteiger partial charge in [0.25, 0.3) is 5.91 Å². The molecule has 2 aromatic carbocycles. The van der Waals surface area contributed by atoms with Crippen LogP contribution in [0.3, 0.4) is 0 Å². The minimum Gasteiger partial charge on any atom is -0.546 e. The normalized spacial score (nSPS) is 18.3. The van der Waals surface area contributed by atoms with E-state index in [1.54, 1.807) is 30.3 Å². The van der Waals surface area contributed by atoms with Gasteiger partial charge in [0.1, 0.15) is 18.9 Å². The standard InChI is InChI=1S/C23H23N3O4S/c27-21(28)16-30-19-8-6-17(7-9-19)14-20-22(29)24-23(31-20)26-12-10-25(11-13-26)15-18-4-2-1-3-5-18/h1-9,14H,10-13,15-16H2,(H,27,28)/b20-14+. The maximum Gasteiger partial charge on any atom is 0.286 e. The molecule has 2 aromatic rings. The zero-order valence-electron chi connectivity index (χ0n) is 17.0. The Morgan fingerprint density at radius 1 is 1.13 bits per heavy atom. The molecule has 0 saturated carbocycles. The monoisotopic (exact) mass is 437 g/mol. The number of carbonyl (C=O) groups excluding carboxylic acids is 2. The SMILES string of the molecule is O=C([O-])COc1ccc(/C=C2/SC(N3CC[NH+](Cc4ccccc4)CC3)=NC2=O)cc1. The molecule has 0 aliphatic carbocycles. The Morgan fingerprint density at radius 3 is 2.52 bits per heavy atom. The quantitative estimate of drug-likeness (QED) is 0.650. The molecule has 2 aliphatic heterocycles. The summed E-state index contributed by atoms with van der Waals surface area (Å²) in [5.74, 6) is -1.06. The summed E-state index contributed by atoms with van der Waals surface area (Å²) in [5.41, 5.74) is 2.17. The van der Waals surface area contributed by atoms with Crippen molar-refractivity contribution in [3.05, 3.63) is 70.6 Å². The Morgan fingerprint density at radius 2 is 1.84 bits per heavy atom. The summed E-state index contributed by atoms with van der Waals surface area (Å²) in [6.07, 6.45) is 1.79. The lowest BCUT2D eigenvalue weighted by molar-refractivity contribution is -0.917. The number of quaternary nitrogens is 1. The van der Waals surface area contributed by atoms with Crippen LogP contribution in [0.5, 0.6) is 5.75 Å². The van der Waals surface area contributed by atoms with Crippen molar-refractivity contribution in [2.45, 2.75) is 6.54 Å². The van der Waals surface area contributed by atoms with E-state index >= 15 is 0 Å². The topological polar surface area (TPSA) is 86.5 Å². The Labute approximate surface area is 185 Å². The van der Waals surface area contributed by atoms with Crippen LogP contribution in [-0.2, 0) is 16.1 Å². The number of aliphatic imine (C=N–C) groups is 1. The van der Waals surface area contributed by atoms with Crippen molar-refractivity contribution >= 4 is 34.9 Å². The number of carboxylic acids is 1. The summed E-state index contributed by atoms with van der Waals surface area (Å²) in [4.78, 5) is 31.4. The molecule has 2 aliphatic rings. The number of rotatable bonds is 6. The van der Waals surface area contributed by atoms with Crippen molar-refractivity contribution in [3.63, 3.8) is 0 Å². The van der Waals surface area contributed by atoms with Crippen LogP contribution < -0.4 is 14.7 Å². The Balaban J connectivity index is 1.31. The van der Waals surface area contributed by atoms with Gasteiger partial charge in [-0.15, -0.1) is 0 Å². The van der Waals surface area contributed by atoms with Crippen LogP contribution in [0.4, 0.5) is 0 Å². The second-order valence-electron chi connectivity index (χ2n) is 7.44. The Hall–Kier alpha value is -3.10. The molecule has 7 nitrogen and oxygen atoms in total. The van der Waals surface area contributed by atoms with Crippen LogP contribution >= 0.6 is 11.8 Å². The van der Waals surface area contributed by atoms with E-state index in [0.29, 0.717) is 10.7 Å². The number of nitrogens with zero attached hydrogens (tertiary/aromatic N) is 2. The molecular formula is C23H23N3O4S. The van der Waals surface area contributed by atoms with E-state index in [1.807, 2.05) is 6.07 Å². The molecule has 0 radical (unpaired) electrons. The molecule has 0 atom stereocenters. The third-order valence-electron chi connectivity index (χ3n) is 5.18. The molecule has 8 heteroatoms. The van der Waals surface area contributed by atoms with Crippen LogP contribution in [0.25, 0.3) is 6.08 Å². The summed E-state index contributed by atoms with van der Waals surface area (Å²) in [5, 5.41) is 11.2. The average Bonchev–Trinajstić information content (AvgIpc) is 3.14. The first-order valence-electron chi connectivity index (χ1n) is 10.1. The van der Waals surface area contributed by atoms with Gasteiger partial charge in [-0.2, -0.15) is 4.99 Å². The van der Waals surface area contributed by atoms with Crippen LogP contribution in [0, 0.1) is 0 Å². The minimum atomic E-state index is -1.27. The molecule has 160 valence electrons. The summed E-state index contributed by atoms with van der Waals surface area (Å²) >= 11 is 1.40. The highest BCUT2D eigenvalue weighted by molar-refractivity contribution is 8.18. The number of carbonyl (C=O) groups is 2. The number of amides is 1. The molecule has 31 heavy (non-hydrogen) atoms. The van der Waals surface area contributed by atoms with Crippen molar-refractivity contribution in [1.29, 1.82) is 0 Å². The Bertz CT molecular complexity index is 997. The fourth-order valence-corrected chi connectivity index (χ4v) is 4.53. The van der Waals surface area contributed by atoms with Crippen molar-refractivity contribution in [1.82, 2.24) is 4.90 Å². The highest BCUT2D eigenvalue weighted by Crippen LogP contribution is 2.30. The van der Waals surface area contributed by atoms with Crippen molar-refractivity contribution in [3.8, 4) is 5.75 Å². The van der Waals surface area contributed by atoms with Gasteiger partial charge >= 0.3 is 0 Å². The molecule has 0 aromatic heterocycles. The van der Waals surface area contributed by atoms with Crippen LogP contribution in [0.2, 0.25) is 0 Å². The first-order valence-corrected chi connectivity index (χ1v) is 11.0. The lowest BCUT2D eigenvalue weighted by Gasteiger charge is -2.32. The molecule has 1 saturated heterocycles. The molecule has 0 unspecified atom stereocenters. The van der Waals surface area contributed by atoms with Gasteiger partial charge in [0, 0.05) is 5.56 Å². The van der Waals surface area contributed by atoms with Crippen molar-refractivity contribution in [2.75, 3.05) is 32.8 Å². The van der Waals surface area contributed by atoms with Gasteiger partial charge in [0.15, 0.2) is 5.17 Å². The van der Waals surface area contributed by atoms with E-state index in [2.05, 4.69) is 34.2 Å². The van der Waals surface area contributed by atoms with Gasteiger partial charge in [-0.3, -0.25) is 4.79 Å². The fourth-order valence-electron chi connectivity index (χ4n) is 3.56. The maximum absolute atomic E-state index is 12.4. The highest BCUT2D eigenvalue weighted by Gasteiger charge is 2.29. The molecule has 2 heterocycles.